The molecule has 0 aliphatic carbocycles. The van der Waals surface area contributed by atoms with Crippen LogP contribution in [0.25, 0.3) is 4.48 Å². The molecule has 0 bridgehead atoms. The second kappa shape index (κ2) is 4.07. The van der Waals surface area contributed by atoms with Gasteiger partial charge in [-0.1, -0.05) is 30.3 Å². The molecule has 2 nitrogen and oxygen atoms in total. The van der Waals surface area contributed by atoms with Gasteiger partial charge in [-0.25, -0.2) is 4.79 Å². The van der Waals surface area contributed by atoms with E-state index < -0.39 is 5.97 Å². The molecule has 1 aromatic rings. The highest BCUT2D eigenvalue weighted by Gasteiger charge is 1.97. The van der Waals surface area contributed by atoms with Crippen molar-refractivity contribution in [3.8, 4) is 0 Å². The van der Waals surface area contributed by atoms with Crippen LogP contribution in [-0.4, -0.2) is 11.1 Å². The van der Waals surface area contributed by atoms with E-state index in [4.69, 9.17) is 5.11 Å². The molecular formula is C9H7BrO2. The molecule has 62 valence electrons. The summed E-state index contributed by atoms with van der Waals surface area (Å²) in [6.45, 7) is 0. The molecule has 0 saturated heterocycles. The monoisotopic (exact) mass is 226 g/mol. The van der Waals surface area contributed by atoms with Gasteiger partial charge in [0, 0.05) is 10.6 Å². The second-order valence-electron chi connectivity index (χ2n) is 2.20. The number of halogens is 1. The summed E-state index contributed by atoms with van der Waals surface area (Å²) in [5.41, 5.74) is 0.861. The van der Waals surface area contributed by atoms with Gasteiger partial charge in [-0.05, 0) is 21.5 Å². The van der Waals surface area contributed by atoms with E-state index in [0.717, 1.165) is 11.6 Å². The zero-order valence-corrected chi connectivity index (χ0v) is 7.78. The second-order valence-corrected chi connectivity index (χ2v) is 3.05. The molecule has 0 aromatic heterocycles. The van der Waals surface area contributed by atoms with Gasteiger partial charge in [-0.3, -0.25) is 0 Å². The van der Waals surface area contributed by atoms with E-state index in [9.17, 15) is 4.79 Å². The fourth-order valence-corrected chi connectivity index (χ4v) is 1.25. The van der Waals surface area contributed by atoms with Crippen molar-refractivity contribution < 1.29 is 9.90 Å². The highest BCUT2D eigenvalue weighted by molar-refractivity contribution is 9.15. The fourth-order valence-electron chi connectivity index (χ4n) is 0.789. The normalized spacial score (nSPS) is 11.2. The lowest BCUT2D eigenvalue weighted by Gasteiger charge is -1.95. The predicted octanol–water partition coefficient (Wildman–Crippen LogP) is 2.51. The number of hydrogen-bond acceptors (Lipinski definition) is 1. The van der Waals surface area contributed by atoms with E-state index in [1.807, 2.05) is 30.3 Å². The lowest BCUT2D eigenvalue weighted by molar-refractivity contribution is -0.131. The van der Waals surface area contributed by atoms with Crippen molar-refractivity contribution in [3.63, 3.8) is 0 Å². The van der Waals surface area contributed by atoms with E-state index in [1.165, 1.54) is 0 Å². The third-order valence-electron chi connectivity index (χ3n) is 1.30. The Morgan fingerprint density at radius 3 is 2.42 bits per heavy atom. The van der Waals surface area contributed by atoms with Gasteiger partial charge >= 0.3 is 5.97 Å². The van der Waals surface area contributed by atoms with E-state index >= 15 is 0 Å². The number of carboxylic acids is 1. The van der Waals surface area contributed by atoms with Crippen molar-refractivity contribution in [1.82, 2.24) is 0 Å². The zero-order chi connectivity index (χ0) is 8.97. The van der Waals surface area contributed by atoms with Gasteiger partial charge in [0.05, 0.1) is 0 Å². The predicted molar refractivity (Wildman–Crippen MR) is 51.0 cm³/mol. The molecule has 0 spiro atoms. The van der Waals surface area contributed by atoms with Gasteiger partial charge in [-0.15, -0.1) is 0 Å². The lowest BCUT2D eigenvalue weighted by Crippen LogP contribution is -1.87. The van der Waals surface area contributed by atoms with Crippen LogP contribution < -0.4 is 0 Å². The van der Waals surface area contributed by atoms with Crippen LogP contribution in [-0.2, 0) is 4.79 Å². The number of rotatable bonds is 2. The Labute approximate surface area is 78.7 Å². The standard InChI is InChI=1S/C9H7BrO2/c10-8(6-9(11)12)7-4-2-1-3-5-7/h1-6H,(H,11,12). The Morgan fingerprint density at radius 1 is 1.33 bits per heavy atom. The number of benzene rings is 1. The van der Waals surface area contributed by atoms with E-state index in [0.29, 0.717) is 4.48 Å². The van der Waals surface area contributed by atoms with Gasteiger partial charge in [0.15, 0.2) is 0 Å². The average Bonchev–Trinajstić information content (AvgIpc) is 2.05. The van der Waals surface area contributed by atoms with E-state index in [2.05, 4.69) is 15.9 Å². The molecular weight excluding hydrogens is 220 g/mol. The van der Waals surface area contributed by atoms with Crippen LogP contribution in [0.3, 0.4) is 0 Å². The summed E-state index contributed by atoms with van der Waals surface area (Å²) in [6.07, 6.45) is 1.12. The van der Waals surface area contributed by atoms with Crippen LogP contribution in [0.1, 0.15) is 5.56 Å². The zero-order valence-electron chi connectivity index (χ0n) is 6.20. The number of carbonyl (C=O) groups is 1. The minimum absolute atomic E-state index is 0.579. The molecule has 0 fully saturated rings. The molecule has 1 N–H and O–H groups in total. The molecule has 0 unspecified atom stereocenters. The molecule has 1 aromatic carbocycles. The first kappa shape index (κ1) is 9.00. The third-order valence-corrected chi connectivity index (χ3v) is 1.99. The van der Waals surface area contributed by atoms with E-state index in [-0.39, 0.29) is 0 Å². The minimum Gasteiger partial charge on any atom is -0.478 e. The molecule has 0 radical (unpaired) electrons. The maximum Gasteiger partial charge on any atom is 0.329 e. The van der Waals surface area contributed by atoms with Crippen molar-refractivity contribution >= 4 is 26.4 Å². The smallest absolute Gasteiger partial charge is 0.329 e. The summed E-state index contributed by atoms with van der Waals surface area (Å²) in [5, 5.41) is 8.44. The summed E-state index contributed by atoms with van der Waals surface area (Å²) in [5.74, 6) is -0.953. The number of carboxylic acid groups (broad SMARTS) is 1. The highest BCUT2D eigenvalue weighted by Crippen LogP contribution is 2.19. The van der Waals surface area contributed by atoms with Crippen LogP contribution in [0.4, 0.5) is 0 Å². The molecule has 1 rings (SSSR count). The van der Waals surface area contributed by atoms with Crippen molar-refractivity contribution in [1.29, 1.82) is 0 Å². The highest BCUT2D eigenvalue weighted by atomic mass is 79.9. The summed E-state index contributed by atoms with van der Waals surface area (Å²) in [6, 6.07) is 9.26. The van der Waals surface area contributed by atoms with Crippen molar-refractivity contribution in [2.24, 2.45) is 0 Å². The first-order valence-electron chi connectivity index (χ1n) is 3.35. The van der Waals surface area contributed by atoms with Gasteiger partial charge in [-0.2, -0.15) is 0 Å². The summed E-state index contributed by atoms with van der Waals surface area (Å²) in [4.78, 5) is 10.3. The van der Waals surface area contributed by atoms with Crippen LogP contribution in [0, 0.1) is 0 Å². The largest absolute Gasteiger partial charge is 0.478 e. The molecule has 12 heavy (non-hydrogen) atoms. The van der Waals surface area contributed by atoms with Gasteiger partial charge in [0.25, 0.3) is 0 Å². The SMILES string of the molecule is O=C(O)C=C(Br)c1ccccc1. The maximum absolute atomic E-state index is 10.3. The summed E-state index contributed by atoms with van der Waals surface area (Å²) >= 11 is 3.17. The number of aliphatic carboxylic acids is 1. The number of hydrogen-bond donors (Lipinski definition) is 1. The molecule has 0 aliphatic heterocycles. The Kier molecular flexibility index (Phi) is 3.05. The molecule has 0 atom stereocenters. The Morgan fingerprint density at radius 2 is 1.92 bits per heavy atom. The Hall–Kier alpha value is -1.09. The molecule has 3 heteroatoms. The van der Waals surface area contributed by atoms with E-state index in [1.54, 1.807) is 0 Å². The third kappa shape index (κ3) is 2.51. The molecule has 0 heterocycles. The Balaban J connectivity index is 2.93. The summed E-state index contributed by atoms with van der Waals surface area (Å²) in [7, 11) is 0. The molecule has 0 aliphatic rings. The Bertz CT molecular complexity index is 304. The first-order valence-corrected chi connectivity index (χ1v) is 4.15. The van der Waals surface area contributed by atoms with Crippen LogP contribution in [0.2, 0.25) is 0 Å². The first-order chi connectivity index (χ1) is 5.70. The van der Waals surface area contributed by atoms with Crippen molar-refractivity contribution in [2.75, 3.05) is 0 Å². The van der Waals surface area contributed by atoms with Crippen molar-refractivity contribution in [3.05, 3.63) is 42.0 Å². The quantitative estimate of drug-likeness (QED) is 0.788. The van der Waals surface area contributed by atoms with Gasteiger partial charge in [0.2, 0.25) is 0 Å². The fraction of sp³-hybridized carbons (Fsp3) is 0. The maximum atomic E-state index is 10.3. The van der Waals surface area contributed by atoms with Crippen LogP contribution in [0.5, 0.6) is 0 Å². The summed E-state index contributed by atoms with van der Waals surface area (Å²) < 4.78 is 0.579. The van der Waals surface area contributed by atoms with Crippen LogP contribution >= 0.6 is 15.9 Å². The topological polar surface area (TPSA) is 37.3 Å². The van der Waals surface area contributed by atoms with Gasteiger partial charge in [0.1, 0.15) is 0 Å². The lowest BCUT2D eigenvalue weighted by atomic mass is 10.2. The van der Waals surface area contributed by atoms with Gasteiger partial charge < -0.3 is 5.11 Å². The van der Waals surface area contributed by atoms with Crippen LogP contribution in [0.15, 0.2) is 36.4 Å². The molecule has 0 saturated carbocycles. The minimum atomic E-state index is -0.953. The molecule has 0 amide bonds. The average molecular weight is 227 g/mol. The van der Waals surface area contributed by atoms with Crippen molar-refractivity contribution in [2.45, 2.75) is 0 Å².